The lowest BCUT2D eigenvalue weighted by Crippen LogP contribution is -2.41. The van der Waals surface area contributed by atoms with Crippen molar-refractivity contribution < 1.29 is 9.90 Å². The number of carbonyl (C=O) groups is 1. The first-order valence-corrected chi connectivity index (χ1v) is 12.7. The van der Waals surface area contributed by atoms with Gasteiger partial charge in [-0.25, -0.2) is 0 Å². The monoisotopic (exact) mass is 358 g/mol. The molecule has 0 radical (unpaired) electrons. The minimum Gasteiger partial charge on any atom is -0.388 e. The Labute approximate surface area is 150 Å². The van der Waals surface area contributed by atoms with Crippen LogP contribution in [0.15, 0.2) is 59.5 Å². The van der Waals surface area contributed by atoms with E-state index < -0.39 is 20.1 Å². The molecule has 0 aliphatic carbocycles. The van der Waals surface area contributed by atoms with Crippen molar-refractivity contribution in [2.75, 3.05) is 0 Å². The molecule has 1 N–H and O–H groups in total. The highest BCUT2D eigenvalue weighted by Crippen LogP contribution is 2.32. The topological polar surface area (TPSA) is 37.3 Å². The molecule has 2 rings (SSSR count). The van der Waals surface area contributed by atoms with Gasteiger partial charge in [-0.15, -0.1) is 0 Å². The fourth-order valence-electron chi connectivity index (χ4n) is 2.85. The quantitative estimate of drug-likeness (QED) is 0.605. The van der Waals surface area contributed by atoms with E-state index in [1.54, 1.807) is 0 Å². The molecule has 128 valence electrons. The molecular formula is C20H26O2SSi. The summed E-state index contributed by atoms with van der Waals surface area (Å²) in [6.45, 7) is 8.76. The zero-order valence-electron chi connectivity index (χ0n) is 14.8. The average molecular weight is 359 g/mol. The summed E-state index contributed by atoms with van der Waals surface area (Å²) >= 11 is 1.23. The minimum absolute atomic E-state index is 0.0292. The van der Waals surface area contributed by atoms with Crippen LogP contribution in [0.4, 0.5) is 0 Å². The van der Waals surface area contributed by atoms with E-state index in [1.807, 2.05) is 55.5 Å². The first-order valence-electron chi connectivity index (χ1n) is 8.38. The van der Waals surface area contributed by atoms with E-state index in [2.05, 4.69) is 25.7 Å². The smallest absolute Gasteiger partial charge is 0.199 e. The number of aliphatic hydroxyl groups excluding tert-OH is 1. The molecule has 2 aromatic carbocycles. The van der Waals surface area contributed by atoms with Crippen LogP contribution in [0.3, 0.4) is 0 Å². The van der Waals surface area contributed by atoms with Gasteiger partial charge >= 0.3 is 0 Å². The number of hydrogen-bond donors (Lipinski definition) is 1. The summed E-state index contributed by atoms with van der Waals surface area (Å²) in [4.78, 5) is 13.7. The highest BCUT2D eigenvalue weighted by molar-refractivity contribution is 8.13. The maximum atomic E-state index is 12.7. The van der Waals surface area contributed by atoms with Gasteiger partial charge in [0.25, 0.3) is 0 Å². The third-order valence-electron chi connectivity index (χ3n) is 4.17. The Morgan fingerprint density at radius 3 is 2.21 bits per heavy atom. The van der Waals surface area contributed by atoms with E-state index in [9.17, 15) is 9.90 Å². The summed E-state index contributed by atoms with van der Waals surface area (Å²) in [5.74, 6) is -0.396. The van der Waals surface area contributed by atoms with E-state index in [0.29, 0.717) is 6.42 Å². The minimum atomic E-state index is -1.59. The van der Waals surface area contributed by atoms with Gasteiger partial charge in [0, 0.05) is 4.90 Å². The molecule has 0 unspecified atom stereocenters. The van der Waals surface area contributed by atoms with E-state index in [-0.39, 0.29) is 5.12 Å². The van der Waals surface area contributed by atoms with Gasteiger partial charge in [-0.2, -0.15) is 0 Å². The van der Waals surface area contributed by atoms with Crippen molar-refractivity contribution >= 4 is 30.1 Å². The summed E-state index contributed by atoms with van der Waals surface area (Å²) in [6.07, 6.45) is -0.124. The van der Waals surface area contributed by atoms with Crippen LogP contribution in [0, 0.1) is 5.92 Å². The van der Waals surface area contributed by atoms with E-state index in [4.69, 9.17) is 0 Å². The highest BCUT2D eigenvalue weighted by Gasteiger charge is 2.31. The van der Waals surface area contributed by atoms with Crippen LogP contribution in [0.25, 0.3) is 0 Å². The Morgan fingerprint density at radius 1 is 1.04 bits per heavy atom. The molecular weight excluding hydrogens is 332 g/mol. The van der Waals surface area contributed by atoms with Gasteiger partial charge in [-0.1, -0.05) is 86.0 Å². The molecule has 0 aliphatic heterocycles. The fourth-order valence-corrected chi connectivity index (χ4v) is 5.52. The standard InChI is InChI=1S/C20H26O2SSi/c1-5-16(20(22)23-15-11-7-6-8-12-15)19(21)17-13-9-10-14-18(17)24(2,3)4/h6-14,16,19,21H,5H2,1-4H3/t16-,19-/m1/s1. The van der Waals surface area contributed by atoms with Gasteiger partial charge in [0.1, 0.15) is 0 Å². The molecule has 4 heteroatoms. The van der Waals surface area contributed by atoms with Crippen LogP contribution in [0.1, 0.15) is 25.0 Å². The summed E-state index contributed by atoms with van der Waals surface area (Å²) in [7, 11) is -1.59. The maximum Gasteiger partial charge on any atom is 0.199 e. The van der Waals surface area contributed by atoms with Crippen molar-refractivity contribution in [2.45, 2.75) is 44.0 Å². The maximum absolute atomic E-state index is 12.7. The molecule has 2 atom stereocenters. The van der Waals surface area contributed by atoms with Crippen molar-refractivity contribution in [3.63, 3.8) is 0 Å². The Morgan fingerprint density at radius 2 is 1.62 bits per heavy atom. The summed E-state index contributed by atoms with van der Waals surface area (Å²) < 4.78 is 0. The van der Waals surface area contributed by atoms with Crippen molar-refractivity contribution in [1.29, 1.82) is 0 Å². The molecule has 2 aromatic rings. The van der Waals surface area contributed by atoms with Crippen molar-refractivity contribution in [3.05, 3.63) is 60.2 Å². The lowest BCUT2D eigenvalue weighted by molar-refractivity contribution is -0.117. The second-order valence-electron chi connectivity index (χ2n) is 7.03. The number of aliphatic hydroxyl groups is 1. The van der Waals surface area contributed by atoms with Gasteiger partial charge in [0.2, 0.25) is 0 Å². The van der Waals surface area contributed by atoms with Crippen molar-refractivity contribution in [1.82, 2.24) is 0 Å². The number of rotatable bonds is 6. The third kappa shape index (κ3) is 4.59. The largest absolute Gasteiger partial charge is 0.388 e. The molecule has 0 spiro atoms. The lowest BCUT2D eigenvalue weighted by atomic mass is 9.94. The molecule has 0 heterocycles. The molecule has 0 saturated heterocycles. The molecule has 0 saturated carbocycles. The zero-order valence-corrected chi connectivity index (χ0v) is 16.6. The summed E-state index contributed by atoms with van der Waals surface area (Å²) in [5.41, 5.74) is 0.922. The molecule has 0 aromatic heterocycles. The van der Waals surface area contributed by atoms with Crippen LogP contribution in [0.5, 0.6) is 0 Å². The molecule has 0 fully saturated rings. The van der Waals surface area contributed by atoms with Gasteiger partial charge in [-0.3, -0.25) is 4.79 Å². The fraction of sp³-hybridized carbons (Fsp3) is 0.350. The van der Waals surface area contributed by atoms with Crippen molar-refractivity contribution in [3.8, 4) is 0 Å². The van der Waals surface area contributed by atoms with Crippen LogP contribution in [0.2, 0.25) is 19.6 Å². The first-order chi connectivity index (χ1) is 11.3. The van der Waals surface area contributed by atoms with Gasteiger partial charge in [0.15, 0.2) is 5.12 Å². The van der Waals surface area contributed by atoms with E-state index >= 15 is 0 Å². The lowest BCUT2D eigenvalue weighted by Gasteiger charge is -2.27. The summed E-state index contributed by atoms with van der Waals surface area (Å²) in [6, 6.07) is 17.7. The number of thioether (sulfide) groups is 1. The second-order valence-corrected chi connectivity index (χ2v) is 13.1. The predicted molar refractivity (Wildman–Crippen MR) is 105 cm³/mol. The van der Waals surface area contributed by atoms with Crippen molar-refractivity contribution in [2.24, 2.45) is 5.92 Å². The third-order valence-corrected chi connectivity index (χ3v) is 7.26. The Hall–Kier alpha value is -1.36. The zero-order chi connectivity index (χ0) is 17.7. The van der Waals surface area contributed by atoms with E-state index in [1.165, 1.54) is 16.9 Å². The average Bonchev–Trinajstić information content (AvgIpc) is 2.55. The van der Waals surface area contributed by atoms with Crippen LogP contribution >= 0.6 is 11.8 Å². The number of carbonyl (C=O) groups excluding carboxylic acids is 1. The molecule has 0 bridgehead atoms. The molecule has 2 nitrogen and oxygen atoms in total. The van der Waals surface area contributed by atoms with Gasteiger partial charge in [-0.05, 0) is 24.1 Å². The van der Waals surface area contributed by atoms with Crippen LogP contribution in [-0.2, 0) is 4.79 Å². The molecule has 24 heavy (non-hydrogen) atoms. The Kier molecular flexibility index (Phi) is 6.44. The van der Waals surface area contributed by atoms with E-state index in [0.717, 1.165) is 10.5 Å². The number of benzene rings is 2. The molecule has 0 amide bonds. The normalized spacial score (nSPS) is 14.2. The predicted octanol–water partition coefficient (Wildman–Crippen LogP) is 4.61. The number of hydrogen-bond acceptors (Lipinski definition) is 3. The second kappa shape index (κ2) is 8.14. The first kappa shape index (κ1) is 19.0. The van der Waals surface area contributed by atoms with Crippen LogP contribution in [-0.4, -0.2) is 18.3 Å². The van der Waals surface area contributed by atoms with Gasteiger partial charge in [0.05, 0.1) is 20.1 Å². The Bertz CT molecular complexity index is 680. The van der Waals surface area contributed by atoms with Gasteiger partial charge < -0.3 is 5.11 Å². The van der Waals surface area contributed by atoms with Crippen LogP contribution < -0.4 is 5.19 Å². The SMILES string of the molecule is CC[C@@H](C(=O)Sc1ccccc1)[C@@H](O)c1ccccc1[Si](C)(C)C. The molecule has 0 aliphatic rings. The highest BCUT2D eigenvalue weighted by atomic mass is 32.2. The summed E-state index contributed by atoms with van der Waals surface area (Å²) in [5, 5.41) is 12.2. The Balaban J connectivity index is 2.26.